The summed E-state index contributed by atoms with van der Waals surface area (Å²) in [6.45, 7) is 3.54. The molecule has 1 atom stereocenters. The third kappa shape index (κ3) is 5.94. The smallest absolute Gasteiger partial charge is 0.341 e. The van der Waals surface area contributed by atoms with Crippen LogP contribution in [0.1, 0.15) is 54.6 Å². The van der Waals surface area contributed by atoms with Gasteiger partial charge in [0.2, 0.25) is 0 Å². The molecule has 0 spiro atoms. The lowest BCUT2D eigenvalue weighted by molar-refractivity contribution is -0.139. The largest absolute Gasteiger partial charge is 0.482 e. The molecule has 1 unspecified atom stereocenters. The number of nitrogens with zero attached hydrogens (tertiary/aromatic N) is 2. The lowest BCUT2D eigenvalue weighted by Gasteiger charge is -2.21. The Labute approximate surface area is 170 Å². The summed E-state index contributed by atoms with van der Waals surface area (Å²) in [6, 6.07) is 10.5. The van der Waals surface area contributed by atoms with Crippen LogP contribution in [0.5, 0.6) is 5.75 Å². The third-order valence-electron chi connectivity index (χ3n) is 5.03. The van der Waals surface area contributed by atoms with Crippen molar-refractivity contribution in [3.63, 3.8) is 0 Å². The van der Waals surface area contributed by atoms with Crippen LogP contribution in [0.15, 0.2) is 42.6 Å². The average molecular weight is 397 g/mol. The van der Waals surface area contributed by atoms with Gasteiger partial charge >= 0.3 is 5.97 Å². The van der Waals surface area contributed by atoms with E-state index in [1.54, 1.807) is 18.3 Å². The Balaban J connectivity index is 1.56. The maximum atomic E-state index is 12.6. The van der Waals surface area contributed by atoms with Gasteiger partial charge in [0.25, 0.3) is 5.91 Å². The first-order chi connectivity index (χ1) is 14.0. The maximum absolute atomic E-state index is 12.6. The van der Waals surface area contributed by atoms with E-state index in [0.29, 0.717) is 11.3 Å². The molecule has 1 aliphatic heterocycles. The molecule has 29 heavy (non-hydrogen) atoms. The molecule has 0 bridgehead atoms. The molecule has 1 amide bonds. The van der Waals surface area contributed by atoms with E-state index in [0.717, 1.165) is 24.5 Å². The van der Waals surface area contributed by atoms with Crippen molar-refractivity contribution >= 4 is 17.7 Å². The number of ether oxygens (including phenoxy) is 1. The van der Waals surface area contributed by atoms with Crippen molar-refractivity contribution in [2.24, 2.45) is 0 Å². The van der Waals surface area contributed by atoms with Gasteiger partial charge in [-0.05, 0) is 49.6 Å². The van der Waals surface area contributed by atoms with Gasteiger partial charge in [-0.25, -0.2) is 9.78 Å². The standard InChI is InChI=1S/C22H27N3O4/c1-16(17-6-9-19(10-7-17)29-15-21(26)27)24-22(28)18-8-11-20(23-14-18)25-12-4-2-3-5-13-25/h6-11,14,16H,2-5,12-13,15H2,1H3,(H,24,28)(H,26,27). The number of hydrogen-bond acceptors (Lipinski definition) is 5. The SMILES string of the molecule is CC(NC(=O)c1ccc(N2CCCCCC2)nc1)c1ccc(OCC(=O)O)cc1. The van der Waals surface area contributed by atoms with E-state index in [4.69, 9.17) is 9.84 Å². The van der Waals surface area contributed by atoms with Gasteiger partial charge in [-0.3, -0.25) is 4.79 Å². The number of carbonyl (C=O) groups excluding carboxylic acids is 1. The molecule has 1 aliphatic rings. The van der Waals surface area contributed by atoms with Crippen LogP contribution in [0, 0.1) is 0 Å². The van der Waals surface area contributed by atoms with Crippen LogP contribution in [-0.2, 0) is 4.79 Å². The second-order valence-corrected chi connectivity index (χ2v) is 7.25. The number of carboxylic acid groups (broad SMARTS) is 1. The molecule has 1 fully saturated rings. The highest BCUT2D eigenvalue weighted by atomic mass is 16.5. The molecule has 1 saturated heterocycles. The second kappa shape index (κ2) is 9.91. The van der Waals surface area contributed by atoms with E-state index in [2.05, 4.69) is 15.2 Å². The van der Waals surface area contributed by atoms with E-state index in [9.17, 15) is 9.59 Å². The molecular formula is C22H27N3O4. The number of aromatic nitrogens is 1. The lowest BCUT2D eigenvalue weighted by Crippen LogP contribution is -2.27. The normalized spacial score (nSPS) is 15.3. The summed E-state index contributed by atoms with van der Waals surface area (Å²) >= 11 is 0. The molecule has 7 heteroatoms. The highest BCUT2D eigenvalue weighted by molar-refractivity contribution is 5.94. The fraction of sp³-hybridized carbons (Fsp3) is 0.409. The van der Waals surface area contributed by atoms with Crippen molar-refractivity contribution in [3.8, 4) is 5.75 Å². The Hall–Kier alpha value is -3.09. The van der Waals surface area contributed by atoms with Gasteiger partial charge in [-0.15, -0.1) is 0 Å². The molecule has 1 aromatic heterocycles. The number of pyridine rings is 1. The summed E-state index contributed by atoms with van der Waals surface area (Å²) in [5.74, 6) is 0.195. The van der Waals surface area contributed by atoms with Gasteiger partial charge in [-0.2, -0.15) is 0 Å². The van der Waals surface area contributed by atoms with Crippen molar-refractivity contribution in [2.45, 2.75) is 38.6 Å². The van der Waals surface area contributed by atoms with Crippen LogP contribution in [0.3, 0.4) is 0 Å². The van der Waals surface area contributed by atoms with Crippen molar-refractivity contribution < 1.29 is 19.4 Å². The molecule has 2 N–H and O–H groups in total. The topological polar surface area (TPSA) is 91.8 Å². The zero-order chi connectivity index (χ0) is 20.6. The lowest BCUT2D eigenvalue weighted by atomic mass is 10.1. The van der Waals surface area contributed by atoms with E-state index < -0.39 is 5.97 Å². The number of hydrogen-bond donors (Lipinski definition) is 2. The molecule has 3 rings (SSSR count). The van der Waals surface area contributed by atoms with Crippen molar-refractivity contribution in [1.82, 2.24) is 10.3 Å². The summed E-state index contributed by atoms with van der Waals surface area (Å²) in [4.78, 5) is 29.9. The van der Waals surface area contributed by atoms with Crippen molar-refractivity contribution in [2.75, 3.05) is 24.6 Å². The van der Waals surface area contributed by atoms with Crippen molar-refractivity contribution in [1.29, 1.82) is 0 Å². The van der Waals surface area contributed by atoms with Gasteiger partial charge in [-0.1, -0.05) is 25.0 Å². The number of anilines is 1. The molecule has 0 aliphatic carbocycles. The summed E-state index contributed by atoms with van der Waals surface area (Å²) < 4.78 is 5.12. The van der Waals surface area contributed by atoms with Crippen LogP contribution in [0.4, 0.5) is 5.82 Å². The summed E-state index contributed by atoms with van der Waals surface area (Å²) in [7, 11) is 0. The van der Waals surface area contributed by atoms with Gasteiger partial charge in [0.1, 0.15) is 11.6 Å². The first kappa shape index (κ1) is 20.6. The minimum atomic E-state index is -1.02. The number of aliphatic carboxylic acids is 1. The fourth-order valence-corrected chi connectivity index (χ4v) is 3.37. The monoisotopic (exact) mass is 397 g/mol. The molecule has 2 aromatic rings. The van der Waals surface area contributed by atoms with Gasteiger partial charge in [0.15, 0.2) is 6.61 Å². The molecular weight excluding hydrogens is 370 g/mol. The predicted octanol–water partition coefficient (Wildman–Crippen LogP) is 3.42. The van der Waals surface area contributed by atoms with E-state index in [1.165, 1.54) is 25.7 Å². The zero-order valence-corrected chi connectivity index (χ0v) is 16.6. The summed E-state index contributed by atoms with van der Waals surface area (Å²) in [5, 5.41) is 11.6. The Morgan fingerprint density at radius 3 is 2.38 bits per heavy atom. The predicted molar refractivity (Wildman–Crippen MR) is 110 cm³/mol. The van der Waals surface area contributed by atoms with Gasteiger partial charge in [0.05, 0.1) is 11.6 Å². The third-order valence-corrected chi connectivity index (χ3v) is 5.03. The van der Waals surface area contributed by atoms with Gasteiger partial charge in [0, 0.05) is 19.3 Å². The molecule has 2 heterocycles. The summed E-state index contributed by atoms with van der Waals surface area (Å²) in [5.41, 5.74) is 1.42. The highest BCUT2D eigenvalue weighted by Gasteiger charge is 2.14. The molecule has 0 saturated carbocycles. The van der Waals surface area contributed by atoms with Crippen LogP contribution >= 0.6 is 0 Å². The number of carboxylic acids is 1. The number of carbonyl (C=O) groups is 2. The van der Waals surface area contributed by atoms with Crippen molar-refractivity contribution in [3.05, 3.63) is 53.7 Å². The Kier molecular flexibility index (Phi) is 7.05. The second-order valence-electron chi connectivity index (χ2n) is 7.25. The zero-order valence-electron chi connectivity index (χ0n) is 16.6. The average Bonchev–Trinajstić information content (AvgIpc) is 3.02. The van der Waals surface area contributed by atoms with E-state index in [1.807, 2.05) is 31.2 Å². The Morgan fingerprint density at radius 1 is 1.10 bits per heavy atom. The van der Waals surface area contributed by atoms with Crippen LogP contribution in [0.2, 0.25) is 0 Å². The Bertz CT molecular complexity index is 813. The quantitative estimate of drug-likeness (QED) is 0.744. The molecule has 154 valence electrons. The Morgan fingerprint density at radius 2 is 1.79 bits per heavy atom. The van der Waals surface area contributed by atoms with E-state index in [-0.39, 0.29) is 18.6 Å². The van der Waals surface area contributed by atoms with Crippen LogP contribution < -0.4 is 15.0 Å². The molecule has 0 radical (unpaired) electrons. The fourth-order valence-electron chi connectivity index (χ4n) is 3.37. The van der Waals surface area contributed by atoms with Gasteiger partial charge < -0.3 is 20.1 Å². The minimum absolute atomic E-state index is 0.182. The minimum Gasteiger partial charge on any atom is -0.482 e. The first-order valence-corrected chi connectivity index (χ1v) is 9.99. The maximum Gasteiger partial charge on any atom is 0.341 e. The van der Waals surface area contributed by atoms with E-state index >= 15 is 0 Å². The summed E-state index contributed by atoms with van der Waals surface area (Å²) in [6.07, 6.45) is 6.53. The number of rotatable bonds is 7. The number of amides is 1. The molecule has 1 aromatic carbocycles. The molecule has 7 nitrogen and oxygen atoms in total. The van der Waals surface area contributed by atoms with Crippen LogP contribution in [0.25, 0.3) is 0 Å². The number of benzene rings is 1. The number of nitrogens with one attached hydrogen (secondary N) is 1. The van der Waals surface area contributed by atoms with Crippen LogP contribution in [-0.4, -0.2) is 41.7 Å². The highest BCUT2D eigenvalue weighted by Crippen LogP contribution is 2.20. The first-order valence-electron chi connectivity index (χ1n) is 9.99.